The molecule has 2 aromatic heterocycles. The van der Waals surface area contributed by atoms with Crippen molar-refractivity contribution in [2.75, 3.05) is 13.1 Å². The molecule has 0 spiro atoms. The molecule has 1 aliphatic carbocycles. The van der Waals surface area contributed by atoms with Crippen molar-refractivity contribution in [2.45, 2.75) is 64.5 Å². The highest BCUT2D eigenvalue weighted by atomic mass is 35.5. The molecule has 2 atom stereocenters. The lowest BCUT2D eigenvalue weighted by molar-refractivity contribution is 0.519. The first-order chi connectivity index (χ1) is 20.6. The van der Waals surface area contributed by atoms with Gasteiger partial charge in [-0.15, -0.1) is 0 Å². The minimum absolute atomic E-state index is 0.0302. The summed E-state index contributed by atoms with van der Waals surface area (Å²) in [5.74, 6) is 0.0498. The van der Waals surface area contributed by atoms with Gasteiger partial charge >= 0.3 is 5.69 Å². The molecule has 6 N–H and O–H groups in total. The van der Waals surface area contributed by atoms with E-state index in [1.54, 1.807) is 43.5 Å². The molecule has 0 unspecified atom stereocenters. The maximum Gasteiger partial charge on any atom is 0.354 e. The van der Waals surface area contributed by atoms with Crippen LogP contribution in [0.5, 0.6) is 0 Å². The largest absolute Gasteiger partial charge is 0.374 e. The second kappa shape index (κ2) is 13.4. The van der Waals surface area contributed by atoms with Crippen LogP contribution in [0.3, 0.4) is 0 Å². The number of rotatable bonds is 13. The van der Waals surface area contributed by atoms with Crippen LogP contribution in [-0.4, -0.2) is 39.5 Å². The highest BCUT2D eigenvalue weighted by molar-refractivity contribution is 6.31. The van der Waals surface area contributed by atoms with E-state index in [0.717, 1.165) is 31.2 Å². The predicted molar refractivity (Wildman–Crippen MR) is 168 cm³/mol. The number of hydrogen-bond acceptors (Lipinski definition) is 5. The Labute approximate surface area is 254 Å². The van der Waals surface area contributed by atoms with Gasteiger partial charge in [0.15, 0.2) is 5.82 Å². The normalized spacial score (nSPS) is 14.7. The van der Waals surface area contributed by atoms with Crippen molar-refractivity contribution >= 4 is 28.5 Å². The number of hydrogen-bond donors (Lipinski definition) is 5. The Kier molecular flexibility index (Phi) is 9.59. The van der Waals surface area contributed by atoms with Gasteiger partial charge in [-0.25, -0.2) is 13.6 Å². The van der Waals surface area contributed by atoms with Gasteiger partial charge in [0.2, 0.25) is 0 Å². The number of aryl methyl sites for hydroxylation is 1. The van der Waals surface area contributed by atoms with Crippen molar-refractivity contribution < 1.29 is 8.78 Å². The molecule has 4 aromatic rings. The molecule has 1 saturated carbocycles. The summed E-state index contributed by atoms with van der Waals surface area (Å²) in [5, 5.41) is 14.2. The van der Waals surface area contributed by atoms with Gasteiger partial charge in [0, 0.05) is 41.3 Å². The third kappa shape index (κ3) is 7.49. The first-order valence-corrected chi connectivity index (χ1v) is 15.2. The summed E-state index contributed by atoms with van der Waals surface area (Å²) in [4.78, 5) is 20.1. The number of aromatic amines is 1. The van der Waals surface area contributed by atoms with E-state index < -0.39 is 17.3 Å². The number of nitrogens with one attached hydrogen (secondary N) is 4. The second-order valence-electron chi connectivity index (χ2n) is 11.5. The lowest BCUT2D eigenvalue weighted by Crippen LogP contribution is -2.26. The van der Waals surface area contributed by atoms with Crippen LogP contribution in [0.1, 0.15) is 63.1 Å². The van der Waals surface area contributed by atoms with Gasteiger partial charge in [-0.2, -0.15) is 4.98 Å². The number of amidine groups is 1. The Bertz CT molecular complexity index is 1680. The summed E-state index contributed by atoms with van der Waals surface area (Å²) in [6.07, 6.45) is 7.30. The lowest BCUT2D eigenvalue weighted by atomic mass is 10.00. The molecule has 0 aliphatic heterocycles. The van der Waals surface area contributed by atoms with Crippen LogP contribution in [0.2, 0.25) is 5.02 Å². The van der Waals surface area contributed by atoms with E-state index in [0.29, 0.717) is 58.4 Å². The van der Waals surface area contributed by atoms with Crippen LogP contribution in [0, 0.1) is 23.0 Å². The van der Waals surface area contributed by atoms with Gasteiger partial charge < -0.3 is 21.4 Å². The molecule has 43 heavy (non-hydrogen) atoms. The Morgan fingerprint density at radius 3 is 2.72 bits per heavy atom. The molecule has 0 radical (unpaired) electrons. The maximum atomic E-state index is 15.2. The lowest BCUT2D eigenvalue weighted by Gasteiger charge is -2.16. The van der Waals surface area contributed by atoms with Crippen molar-refractivity contribution in [1.82, 2.24) is 25.2 Å². The number of nitrogens with zero attached hydrogens (tertiary/aromatic N) is 2. The molecule has 0 amide bonds. The number of fused-ring (bicyclic) bond motifs is 1. The average Bonchev–Trinajstić information content (AvgIpc) is 3.74. The Hall–Kier alpha value is -3.60. The van der Waals surface area contributed by atoms with Crippen molar-refractivity contribution in [2.24, 2.45) is 11.7 Å². The van der Waals surface area contributed by atoms with E-state index in [2.05, 4.69) is 20.6 Å². The minimum Gasteiger partial charge on any atom is -0.374 e. The van der Waals surface area contributed by atoms with Crippen LogP contribution >= 0.6 is 11.6 Å². The Morgan fingerprint density at radius 2 is 2.00 bits per heavy atom. The van der Waals surface area contributed by atoms with Gasteiger partial charge in [0.05, 0.1) is 22.2 Å². The number of H-pyrrole nitrogens is 1. The van der Waals surface area contributed by atoms with Crippen molar-refractivity contribution in [3.05, 3.63) is 80.9 Å². The van der Waals surface area contributed by atoms with Crippen molar-refractivity contribution in [3.8, 4) is 16.9 Å². The van der Waals surface area contributed by atoms with E-state index in [9.17, 15) is 4.79 Å². The van der Waals surface area contributed by atoms with E-state index in [4.69, 9.17) is 22.7 Å². The summed E-state index contributed by atoms with van der Waals surface area (Å²) in [5.41, 5.74) is 8.41. The molecule has 5 rings (SSSR count). The fraction of sp³-hybridized carbons (Fsp3) is 0.406. The number of nitrogens with two attached hydrogens (primary N) is 1. The van der Waals surface area contributed by atoms with E-state index >= 15 is 8.78 Å². The zero-order valence-electron chi connectivity index (χ0n) is 24.4. The van der Waals surface area contributed by atoms with Gasteiger partial charge in [-0.05, 0) is 101 Å². The van der Waals surface area contributed by atoms with Gasteiger partial charge in [0.1, 0.15) is 11.5 Å². The van der Waals surface area contributed by atoms with Crippen molar-refractivity contribution in [1.29, 1.82) is 5.41 Å². The summed E-state index contributed by atoms with van der Waals surface area (Å²) < 4.78 is 31.6. The molecule has 2 heterocycles. The maximum absolute atomic E-state index is 15.2. The summed E-state index contributed by atoms with van der Waals surface area (Å²) in [6.45, 7) is 4.88. The van der Waals surface area contributed by atoms with Crippen molar-refractivity contribution in [3.63, 3.8) is 0 Å². The second-order valence-corrected chi connectivity index (χ2v) is 11.9. The number of halogens is 3. The molecule has 1 fully saturated rings. The van der Waals surface area contributed by atoms with E-state index in [1.807, 2.05) is 6.92 Å². The molecular weight excluding hydrogens is 572 g/mol. The average molecular weight is 610 g/mol. The van der Waals surface area contributed by atoms with Crippen LogP contribution in [0.25, 0.3) is 28.0 Å². The van der Waals surface area contributed by atoms with Crippen LogP contribution in [0.4, 0.5) is 8.78 Å². The fourth-order valence-corrected chi connectivity index (χ4v) is 5.66. The molecule has 1 aliphatic rings. The van der Waals surface area contributed by atoms with E-state index in [1.165, 1.54) is 23.5 Å². The van der Waals surface area contributed by atoms with E-state index in [-0.39, 0.29) is 17.1 Å². The Morgan fingerprint density at radius 1 is 1.21 bits per heavy atom. The molecule has 11 heteroatoms. The third-order valence-electron chi connectivity index (χ3n) is 8.04. The summed E-state index contributed by atoms with van der Waals surface area (Å²) in [7, 11) is 0. The molecular formula is C32H38ClF2N7O. The quantitative estimate of drug-likeness (QED) is 0.0722. The minimum atomic E-state index is -0.590. The topological polar surface area (TPSA) is 125 Å². The van der Waals surface area contributed by atoms with Gasteiger partial charge in [-0.3, -0.25) is 9.98 Å². The molecule has 0 saturated heterocycles. The Balaban J connectivity index is 1.33. The van der Waals surface area contributed by atoms with Crippen LogP contribution in [-0.2, 0) is 6.42 Å². The number of benzene rings is 2. The summed E-state index contributed by atoms with van der Waals surface area (Å²) in [6, 6.07) is 9.75. The SMILES string of the molecule is CC(=N)NCCCN[C@@H](C)c1ccc(-n2cc3cc(-c4cc(CCC[C@@H](N)C5CC5)cc(Cl)c4F)[nH]c3nc2=O)cc1F. The predicted octanol–water partition coefficient (Wildman–Crippen LogP) is 6.00. The molecule has 2 aromatic carbocycles. The molecule has 228 valence electrons. The standard InChI is InChI=1S/C32H38ClF2N7O/c1-18(38-11-4-12-39-19(2)36)24-10-9-23(16-27(24)34)42-17-22-15-29(40-31(22)41-32(42)43)25-13-20(14-26(33)30(25)35)5-3-6-28(37)21-7-8-21/h9-10,13-18,21,28,38H,3-8,11-12,37H2,1-2H3,(H2,36,39)(H,40,41,43)/t18-,28+/m0/s1. The summed E-state index contributed by atoms with van der Waals surface area (Å²) >= 11 is 6.27. The highest BCUT2D eigenvalue weighted by Gasteiger charge is 2.27. The first kappa shape index (κ1) is 30.8. The smallest absolute Gasteiger partial charge is 0.354 e. The zero-order chi connectivity index (χ0) is 30.7. The highest BCUT2D eigenvalue weighted by Crippen LogP contribution is 2.34. The monoisotopic (exact) mass is 609 g/mol. The fourth-order valence-electron chi connectivity index (χ4n) is 5.42. The van der Waals surface area contributed by atoms with Crippen LogP contribution in [0.15, 0.2) is 47.4 Å². The van der Waals surface area contributed by atoms with Gasteiger partial charge in [-0.1, -0.05) is 17.7 Å². The third-order valence-corrected chi connectivity index (χ3v) is 8.31. The zero-order valence-corrected chi connectivity index (χ0v) is 25.2. The molecule has 8 nitrogen and oxygen atoms in total. The molecule has 0 bridgehead atoms. The number of aromatic nitrogens is 3. The van der Waals surface area contributed by atoms with Crippen LogP contribution < -0.4 is 22.1 Å². The van der Waals surface area contributed by atoms with Gasteiger partial charge in [0.25, 0.3) is 0 Å². The first-order valence-electron chi connectivity index (χ1n) is 14.8.